The van der Waals surface area contributed by atoms with Crippen molar-refractivity contribution in [2.75, 3.05) is 25.0 Å². The lowest BCUT2D eigenvalue weighted by molar-refractivity contribution is -0.139. The van der Waals surface area contributed by atoms with Crippen LogP contribution in [0.2, 0.25) is 0 Å². The third kappa shape index (κ3) is 5.76. The fourth-order valence-corrected chi connectivity index (χ4v) is 6.74. The van der Waals surface area contributed by atoms with Gasteiger partial charge in [-0.1, -0.05) is 18.6 Å². The van der Waals surface area contributed by atoms with Crippen LogP contribution in [0.15, 0.2) is 42.5 Å². The third-order valence-electron chi connectivity index (χ3n) is 9.07. The monoisotopic (exact) mass is 542 g/mol. The molecular weight excluding hydrogens is 508 g/mol. The standard InChI is InChI=1S/C30H34F4N4O/c1-20-5-2-3-12-37(20)13-14-38(28(39)36-24-8-9-27(31)26(17-24)30(32,33)34)25-10-11-29(18-23(29)16-25)22-7-4-6-21(15-22)19-35/h4,6-9,15,17,20,23,25H,2-3,5,10-14,16,18H2,1H3,(H,36,39). The normalized spacial score (nSPS) is 26.8. The topological polar surface area (TPSA) is 59.4 Å². The van der Waals surface area contributed by atoms with Gasteiger partial charge in [-0.25, -0.2) is 9.18 Å². The highest BCUT2D eigenvalue weighted by atomic mass is 19.4. The molecule has 4 atom stereocenters. The zero-order valence-electron chi connectivity index (χ0n) is 22.1. The number of halogens is 4. The number of alkyl halides is 3. The average molecular weight is 543 g/mol. The second kappa shape index (κ2) is 10.8. The number of nitriles is 1. The average Bonchev–Trinajstić information content (AvgIpc) is 3.65. The predicted octanol–water partition coefficient (Wildman–Crippen LogP) is 6.93. The molecule has 1 aliphatic heterocycles. The number of nitrogens with one attached hydrogen (secondary N) is 1. The van der Waals surface area contributed by atoms with E-state index in [1.54, 1.807) is 11.0 Å². The number of anilines is 1. The summed E-state index contributed by atoms with van der Waals surface area (Å²) in [5, 5.41) is 12.0. The van der Waals surface area contributed by atoms with Gasteiger partial charge in [-0.3, -0.25) is 4.90 Å². The molecule has 1 N–H and O–H groups in total. The molecule has 1 heterocycles. The predicted molar refractivity (Wildman–Crippen MR) is 141 cm³/mol. The molecule has 4 unspecified atom stereocenters. The van der Waals surface area contributed by atoms with Gasteiger partial charge in [0.1, 0.15) is 5.82 Å². The van der Waals surface area contributed by atoms with Crippen molar-refractivity contribution in [2.24, 2.45) is 5.92 Å². The van der Waals surface area contributed by atoms with Gasteiger partial charge in [0.15, 0.2) is 0 Å². The van der Waals surface area contributed by atoms with Crippen molar-refractivity contribution in [3.05, 3.63) is 65.0 Å². The molecule has 1 saturated heterocycles. The van der Waals surface area contributed by atoms with Crippen molar-refractivity contribution in [1.29, 1.82) is 5.26 Å². The Kier molecular flexibility index (Phi) is 7.60. The first-order chi connectivity index (χ1) is 18.6. The van der Waals surface area contributed by atoms with Crippen LogP contribution >= 0.6 is 0 Å². The third-order valence-corrected chi connectivity index (χ3v) is 9.07. The Morgan fingerprint density at radius 1 is 1.21 bits per heavy atom. The van der Waals surface area contributed by atoms with Gasteiger partial charge in [0.2, 0.25) is 0 Å². The molecule has 2 aromatic carbocycles. The maximum atomic E-state index is 13.8. The van der Waals surface area contributed by atoms with E-state index < -0.39 is 23.6 Å². The molecule has 2 saturated carbocycles. The molecule has 2 amide bonds. The van der Waals surface area contributed by atoms with Crippen molar-refractivity contribution in [3.8, 4) is 6.07 Å². The molecule has 39 heavy (non-hydrogen) atoms. The first-order valence-corrected chi connectivity index (χ1v) is 13.8. The maximum absolute atomic E-state index is 13.8. The van der Waals surface area contributed by atoms with Crippen molar-refractivity contribution >= 4 is 11.7 Å². The second-order valence-corrected chi connectivity index (χ2v) is 11.4. The molecule has 208 valence electrons. The Morgan fingerprint density at radius 2 is 2.03 bits per heavy atom. The molecule has 5 rings (SSSR count). The first-order valence-electron chi connectivity index (χ1n) is 13.8. The summed E-state index contributed by atoms with van der Waals surface area (Å²) in [6, 6.07) is 12.5. The van der Waals surface area contributed by atoms with E-state index in [2.05, 4.69) is 29.3 Å². The highest BCUT2D eigenvalue weighted by molar-refractivity contribution is 5.89. The number of nitrogens with zero attached hydrogens (tertiary/aromatic N) is 3. The van der Waals surface area contributed by atoms with E-state index in [4.69, 9.17) is 0 Å². The minimum atomic E-state index is -4.85. The van der Waals surface area contributed by atoms with E-state index in [-0.39, 0.29) is 17.1 Å². The largest absolute Gasteiger partial charge is 0.419 e. The lowest BCUT2D eigenvalue weighted by Crippen LogP contribution is -2.50. The summed E-state index contributed by atoms with van der Waals surface area (Å²) < 4.78 is 53.6. The molecule has 3 fully saturated rings. The van der Waals surface area contributed by atoms with Gasteiger partial charge in [-0.05, 0) is 99.2 Å². The van der Waals surface area contributed by atoms with E-state index in [0.29, 0.717) is 36.7 Å². The number of piperidine rings is 1. The van der Waals surface area contributed by atoms with E-state index in [1.165, 1.54) is 18.1 Å². The van der Waals surface area contributed by atoms with Crippen LogP contribution < -0.4 is 5.32 Å². The quantitative estimate of drug-likeness (QED) is 0.403. The number of hydrogen-bond donors (Lipinski definition) is 1. The van der Waals surface area contributed by atoms with Gasteiger partial charge in [0.25, 0.3) is 0 Å². The highest BCUT2D eigenvalue weighted by Crippen LogP contribution is 2.62. The Labute approximate surface area is 226 Å². The molecule has 9 heteroatoms. The van der Waals surface area contributed by atoms with Gasteiger partial charge in [0, 0.05) is 30.9 Å². The van der Waals surface area contributed by atoms with Crippen LogP contribution in [0, 0.1) is 23.1 Å². The summed E-state index contributed by atoms with van der Waals surface area (Å²) in [5.41, 5.74) is 0.382. The first kappa shape index (κ1) is 27.4. The summed E-state index contributed by atoms with van der Waals surface area (Å²) in [6.07, 6.45) is 2.02. The summed E-state index contributed by atoms with van der Waals surface area (Å²) in [5.74, 6) is -0.980. The number of carbonyl (C=O) groups is 1. The van der Waals surface area contributed by atoms with E-state index in [9.17, 15) is 27.6 Å². The van der Waals surface area contributed by atoms with Gasteiger partial charge >= 0.3 is 12.2 Å². The molecule has 0 radical (unpaired) electrons. The number of amides is 2. The fourth-order valence-electron chi connectivity index (χ4n) is 6.74. The van der Waals surface area contributed by atoms with Crippen molar-refractivity contribution in [2.45, 2.75) is 75.5 Å². The molecule has 2 aliphatic carbocycles. The van der Waals surface area contributed by atoms with Gasteiger partial charge in [0.05, 0.1) is 17.2 Å². The number of likely N-dealkylation sites (tertiary alicyclic amines) is 1. The van der Waals surface area contributed by atoms with Crippen molar-refractivity contribution < 1.29 is 22.4 Å². The number of benzene rings is 2. The lowest BCUT2D eigenvalue weighted by Gasteiger charge is -2.39. The Bertz CT molecular complexity index is 1260. The molecule has 2 aromatic rings. The minimum Gasteiger partial charge on any atom is -0.320 e. The zero-order valence-corrected chi connectivity index (χ0v) is 22.1. The fraction of sp³-hybridized carbons (Fsp3) is 0.533. The molecule has 0 aromatic heterocycles. The van der Waals surface area contributed by atoms with Crippen LogP contribution in [-0.4, -0.2) is 47.5 Å². The zero-order chi connectivity index (χ0) is 27.8. The Morgan fingerprint density at radius 3 is 2.74 bits per heavy atom. The van der Waals surface area contributed by atoms with E-state index in [1.807, 2.05) is 12.1 Å². The van der Waals surface area contributed by atoms with Gasteiger partial charge in [-0.15, -0.1) is 0 Å². The molecular formula is C30H34F4N4O. The maximum Gasteiger partial charge on any atom is 0.419 e. The van der Waals surface area contributed by atoms with Gasteiger partial charge < -0.3 is 10.2 Å². The van der Waals surface area contributed by atoms with Crippen LogP contribution in [0.4, 0.5) is 28.0 Å². The highest BCUT2D eigenvalue weighted by Gasteiger charge is 2.58. The Balaban J connectivity index is 1.33. The van der Waals surface area contributed by atoms with Crippen LogP contribution in [0.25, 0.3) is 0 Å². The van der Waals surface area contributed by atoms with Gasteiger partial charge in [-0.2, -0.15) is 18.4 Å². The molecule has 0 bridgehead atoms. The molecule has 0 spiro atoms. The van der Waals surface area contributed by atoms with Crippen LogP contribution in [0.3, 0.4) is 0 Å². The second-order valence-electron chi connectivity index (χ2n) is 11.4. The SMILES string of the molecule is CC1CCCCN1CCN(C(=O)Nc1ccc(F)c(C(F)(F)F)c1)C1CCC2(c3cccc(C#N)c3)CC2C1. The smallest absolute Gasteiger partial charge is 0.320 e. The van der Waals surface area contributed by atoms with E-state index in [0.717, 1.165) is 51.1 Å². The number of rotatable bonds is 6. The van der Waals surface area contributed by atoms with Crippen molar-refractivity contribution in [3.63, 3.8) is 0 Å². The Hall–Kier alpha value is -3.12. The van der Waals surface area contributed by atoms with Crippen molar-refractivity contribution in [1.82, 2.24) is 9.80 Å². The van der Waals surface area contributed by atoms with Crippen LogP contribution in [0.1, 0.15) is 68.6 Å². The molecule has 3 aliphatic rings. The number of fused-ring (bicyclic) bond motifs is 1. The van der Waals surface area contributed by atoms with E-state index >= 15 is 0 Å². The number of hydrogen-bond acceptors (Lipinski definition) is 3. The number of carbonyl (C=O) groups excluding carboxylic acids is 1. The molecule has 5 nitrogen and oxygen atoms in total. The summed E-state index contributed by atoms with van der Waals surface area (Å²) in [6.45, 7) is 4.32. The van der Waals surface area contributed by atoms with Crippen LogP contribution in [0.5, 0.6) is 0 Å². The summed E-state index contributed by atoms with van der Waals surface area (Å²) in [7, 11) is 0. The lowest BCUT2D eigenvalue weighted by atomic mass is 9.80. The summed E-state index contributed by atoms with van der Waals surface area (Å²) in [4.78, 5) is 17.7. The summed E-state index contributed by atoms with van der Waals surface area (Å²) >= 11 is 0. The minimum absolute atomic E-state index is 0.0332. The number of urea groups is 1. The van der Waals surface area contributed by atoms with Crippen LogP contribution in [-0.2, 0) is 11.6 Å².